The van der Waals surface area contributed by atoms with Crippen molar-refractivity contribution in [1.82, 2.24) is 29.4 Å². The number of rotatable bonds is 4. The van der Waals surface area contributed by atoms with Crippen LogP contribution in [0.25, 0.3) is 11.5 Å². The molecular formula is C18H16F3N7. The Bertz CT molecular complexity index is 1140. The summed E-state index contributed by atoms with van der Waals surface area (Å²) in [5, 5.41) is 11.1. The maximum Gasteiger partial charge on any atom is 0.453 e. The molecule has 3 aromatic heterocycles. The molecule has 0 radical (unpaired) electrons. The Balaban J connectivity index is 1.68. The van der Waals surface area contributed by atoms with E-state index in [4.69, 9.17) is 0 Å². The number of fused-ring (bicyclic) bond motifs is 1. The first-order valence-corrected chi connectivity index (χ1v) is 8.47. The zero-order valence-electron chi connectivity index (χ0n) is 15.1. The molecule has 4 rings (SSSR count). The number of para-hydroxylation sites is 1. The van der Waals surface area contributed by atoms with Gasteiger partial charge >= 0.3 is 6.18 Å². The van der Waals surface area contributed by atoms with Crippen LogP contribution < -0.4 is 5.32 Å². The molecule has 0 bridgehead atoms. The molecule has 1 aromatic carbocycles. The van der Waals surface area contributed by atoms with E-state index in [1.54, 1.807) is 17.7 Å². The average Bonchev–Trinajstić information content (AvgIpc) is 3.26. The van der Waals surface area contributed by atoms with Crippen molar-refractivity contribution in [1.29, 1.82) is 0 Å². The highest BCUT2D eigenvalue weighted by Gasteiger charge is 2.36. The predicted molar refractivity (Wildman–Crippen MR) is 96.1 cm³/mol. The minimum absolute atomic E-state index is 0.106. The Hall–Kier alpha value is -3.43. The fourth-order valence-corrected chi connectivity index (χ4v) is 2.85. The summed E-state index contributed by atoms with van der Waals surface area (Å²) >= 11 is 0. The fourth-order valence-electron chi connectivity index (χ4n) is 2.85. The van der Waals surface area contributed by atoms with E-state index in [0.29, 0.717) is 18.1 Å². The molecule has 144 valence electrons. The molecule has 0 saturated carbocycles. The summed E-state index contributed by atoms with van der Waals surface area (Å²) in [6, 6.07) is 11.2. The highest BCUT2D eigenvalue weighted by molar-refractivity contribution is 5.48. The molecule has 0 aliphatic carbocycles. The lowest BCUT2D eigenvalue weighted by molar-refractivity contribution is -0.144. The van der Waals surface area contributed by atoms with Gasteiger partial charge in [-0.2, -0.15) is 27.8 Å². The Kier molecular flexibility index (Phi) is 4.25. The average molecular weight is 387 g/mol. The fraction of sp³-hybridized carbons (Fsp3) is 0.222. The smallest absolute Gasteiger partial charge is 0.366 e. The molecule has 0 fully saturated rings. The number of nitrogens with one attached hydrogen (secondary N) is 1. The van der Waals surface area contributed by atoms with Crippen molar-refractivity contribution in [3.63, 3.8) is 0 Å². The summed E-state index contributed by atoms with van der Waals surface area (Å²) in [6.45, 7) is 3.94. The third kappa shape index (κ3) is 3.40. The third-order valence-corrected chi connectivity index (χ3v) is 4.11. The Morgan fingerprint density at radius 3 is 2.50 bits per heavy atom. The maximum atomic E-state index is 13.0. The zero-order valence-corrected chi connectivity index (χ0v) is 15.1. The van der Waals surface area contributed by atoms with Crippen LogP contribution in [0.2, 0.25) is 0 Å². The minimum Gasteiger partial charge on any atom is -0.366 e. The summed E-state index contributed by atoms with van der Waals surface area (Å²) in [4.78, 5) is 7.52. The van der Waals surface area contributed by atoms with Gasteiger partial charge in [0.15, 0.2) is 0 Å². The molecule has 7 nitrogen and oxygen atoms in total. The number of alkyl halides is 3. The summed E-state index contributed by atoms with van der Waals surface area (Å²) in [5.74, 6) is -0.955. The van der Waals surface area contributed by atoms with Crippen LogP contribution in [0, 0.1) is 13.8 Å². The van der Waals surface area contributed by atoms with Crippen LogP contribution in [0.15, 0.2) is 42.6 Å². The van der Waals surface area contributed by atoms with E-state index < -0.39 is 12.0 Å². The van der Waals surface area contributed by atoms with Gasteiger partial charge in [-0.05, 0) is 31.5 Å². The van der Waals surface area contributed by atoms with Crippen molar-refractivity contribution in [2.75, 3.05) is 5.32 Å². The van der Waals surface area contributed by atoms with Crippen LogP contribution in [0.3, 0.4) is 0 Å². The van der Waals surface area contributed by atoms with Gasteiger partial charge in [-0.3, -0.25) is 0 Å². The molecule has 0 aliphatic heterocycles. The molecule has 0 atom stereocenters. The molecule has 0 amide bonds. The van der Waals surface area contributed by atoms with E-state index in [1.165, 1.54) is 0 Å². The molecular weight excluding hydrogens is 371 g/mol. The van der Waals surface area contributed by atoms with E-state index in [9.17, 15) is 13.2 Å². The first-order valence-electron chi connectivity index (χ1n) is 8.47. The molecule has 0 saturated heterocycles. The van der Waals surface area contributed by atoms with E-state index in [-0.39, 0.29) is 5.78 Å². The van der Waals surface area contributed by atoms with Gasteiger partial charge < -0.3 is 5.32 Å². The van der Waals surface area contributed by atoms with Crippen molar-refractivity contribution in [3.05, 3.63) is 65.4 Å². The molecule has 1 N–H and O–H groups in total. The van der Waals surface area contributed by atoms with E-state index in [1.807, 2.05) is 43.5 Å². The van der Waals surface area contributed by atoms with Crippen LogP contribution in [-0.2, 0) is 12.7 Å². The van der Waals surface area contributed by atoms with Crippen molar-refractivity contribution < 1.29 is 13.2 Å². The van der Waals surface area contributed by atoms with Crippen molar-refractivity contribution in [3.8, 4) is 5.69 Å². The van der Waals surface area contributed by atoms with E-state index in [2.05, 4.69) is 25.5 Å². The summed E-state index contributed by atoms with van der Waals surface area (Å²) < 4.78 is 41.7. The number of benzene rings is 1. The number of hydrogen-bond donors (Lipinski definition) is 1. The molecule has 0 unspecified atom stereocenters. The van der Waals surface area contributed by atoms with Gasteiger partial charge in [0.05, 0.1) is 11.4 Å². The second kappa shape index (κ2) is 6.63. The first kappa shape index (κ1) is 18.0. The first-order chi connectivity index (χ1) is 13.3. The van der Waals surface area contributed by atoms with Crippen LogP contribution in [0.1, 0.15) is 22.8 Å². The number of nitrogens with zero attached hydrogens (tertiary/aromatic N) is 6. The van der Waals surface area contributed by atoms with Gasteiger partial charge in [-0.15, -0.1) is 5.10 Å². The van der Waals surface area contributed by atoms with Gasteiger partial charge in [0.2, 0.25) is 0 Å². The Morgan fingerprint density at radius 1 is 1.00 bits per heavy atom. The zero-order chi connectivity index (χ0) is 19.9. The molecule has 0 spiro atoms. The lowest BCUT2D eigenvalue weighted by Gasteiger charge is -2.12. The SMILES string of the molecule is Cc1cc(NCc2ccccc2-n2ccc(C)n2)n2nc(C(F)(F)F)nc2n1. The summed E-state index contributed by atoms with van der Waals surface area (Å²) in [6.07, 6.45) is -2.78. The van der Waals surface area contributed by atoms with Gasteiger partial charge in [0, 0.05) is 24.5 Å². The lowest BCUT2D eigenvalue weighted by Crippen LogP contribution is -2.10. The normalized spacial score (nSPS) is 11.9. The predicted octanol–water partition coefficient (Wildman–Crippen LogP) is 3.56. The second-order valence-corrected chi connectivity index (χ2v) is 6.31. The summed E-state index contributed by atoms with van der Waals surface area (Å²) in [7, 11) is 0. The van der Waals surface area contributed by atoms with Crippen LogP contribution in [0.5, 0.6) is 0 Å². The Labute approximate surface area is 157 Å². The number of hydrogen-bond acceptors (Lipinski definition) is 5. The standard InChI is InChI=1S/C18H16F3N7/c1-11-7-8-27(25-11)14-6-4-3-5-13(14)10-22-15-9-12(2)23-17-24-16(18(19,20)21)26-28(15)17/h3-9,22H,10H2,1-2H3. The number of anilines is 1. The van der Waals surface area contributed by atoms with Crippen LogP contribution in [-0.4, -0.2) is 29.4 Å². The van der Waals surface area contributed by atoms with Gasteiger partial charge in [0.25, 0.3) is 11.6 Å². The van der Waals surface area contributed by atoms with Crippen molar-refractivity contribution in [2.45, 2.75) is 26.6 Å². The Morgan fingerprint density at radius 2 is 1.79 bits per heavy atom. The van der Waals surface area contributed by atoms with Gasteiger partial charge in [0.1, 0.15) is 5.82 Å². The van der Waals surface area contributed by atoms with Crippen molar-refractivity contribution in [2.24, 2.45) is 0 Å². The third-order valence-electron chi connectivity index (χ3n) is 4.11. The molecule has 4 aromatic rings. The topological polar surface area (TPSA) is 72.9 Å². The maximum absolute atomic E-state index is 13.0. The quantitative estimate of drug-likeness (QED) is 0.580. The molecule has 3 heterocycles. The minimum atomic E-state index is -4.64. The summed E-state index contributed by atoms with van der Waals surface area (Å²) in [5.41, 5.74) is 3.22. The van der Waals surface area contributed by atoms with Gasteiger partial charge in [-0.1, -0.05) is 18.2 Å². The molecule has 0 aliphatic rings. The van der Waals surface area contributed by atoms with Crippen molar-refractivity contribution >= 4 is 11.6 Å². The van der Waals surface area contributed by atoms with Gasteiger partial charge in [-0.25, -0.2) is 9.67 Å². The van der Waals surface area contributed by atoms with Crippen LogP contribution >= 0.6 is 0 Å². The highest BCUT2D eigenvalue weighted by Crippen LogP contribution is 2.27. The van der Waals surface area contributed by atoms with E-state index >= 15 is 0 Å². The number of aromatic nitrogens is 6. The molecule has 28 heavy (non-hydrogen) atoms. The van der Waals surface area contributed by atoms with Crippen LogP contribution in [0.4, 0.5) is 19.0 Å². The van der Waals surface area contributed by atoms with E-state index in [0.717, 1.165) is 21.5 Å². The number of aryl methyl sites for hydroxylation is 2. The number of halogens is 3. The molecule has 10 heteroatoms. The monoisotopic (exact) mass is 387 g/mol. The largest absolute Gasteiger partial charge is 0.453 e. The lowest BCUT2D eigenvalue weighted by atomic mass is 10.2. The second-order valence-electron chi connectivity index (χ2n) is 6.31. The highest BCUT2D eigenvalue weighted by atomic mass is 19.4.